The van der Waals surface area contributed by atoms with Gasteiger partial charge in [0.05, 0.1) is 42.2 Å². The molecule has 5 rings (SSSR count). The Bertz CT molecular complexity index is 2220. The van der Waals surface area contributed by atoms with Crippen molar-refractivity contribution in [1.29, 1.82) is 0 Å². The maximum absolute atomic E-state index is 15.0. The predicted molar refractivity (Wildman–Crippen MR) is 201 cm³/mol. The van der Waals surface area contributed by atoms with Gasteiger partial charge in [-0.3, -0.25) is 4.79 Å². The summed E-state index contributed by atoms with van der Waals surface area (Å²) in [5.74, 6) is -2.40. The molecular formula is C38H42F3N5O9S. The Balaban J connectivity index is 1.63. The second-order valence-electron chi connectivity index (χ2n) is 13.0. The normalized spacial score (nSPS) is 15.0. The van der Waals surface area contributed by atoms with Crippen LogP contribution in [0.25, 0.3) is 10.8 Å². The Kier molecular flexibility index (Phi) is 12.5. The molecule has 1 saturated heterocycles. The van der Waals surface area contributed by atoms with E-state index in [-0.39, 0.29) is 40.3 Å². The number of hydrogen-bond donors (Lipinski definition) is 2. The number of aromatic nitrogens is 1. The molecule has 0 radical (unpaired) electrons. The van der Waals surface area contributed by atoms with Gasteiger partial charge in [0.1, 0.15) is 11.9 Å². The summed E-state index contributed by atoms with van der Waals surface area (Å²) in [7, 11) is -3.16. The van der Waals surface area contributed by atoms with Crippen molar-refractivity contribution >= 4 is 55.8 Å². The lowest BCUT2D eigenvalue weighted by atomic mass is 10.00. The number of methoxy groups -OCH3 is 1. The van der Waals surface area contributed by atoms with Crippen molar-refractivity contribution in [3.63, 3.8) is 0 Å². The number of rotatable bonds is 12. The van der Waals surface area contributed by atoms with E-state index >= 15 is 0 Å². The number of halogens is 3. The average Bonchev–Trinajstić information content (AvgIpc) is 3.65. The molecule has 2 heterocycles. The number of hydrogen-bond acceptors (Lipinski definition) is 12. The van der Waals surface area contributed by atoms with Gasteiger partial charge in [0.2, 0.25) is 5.91 Å². The van der Waals surface area contributed by atoms with Crippen LogP contribution < -0.4 is 25.6 Å². The van der Waals surface area contributed by atoms with Gasteiger partial charge in [0.25, 0.3) is 0 Å². The molecule has 2 amide bonds. The second-order valence-corrected chi connectivity index (χ2v) is 15.2. The fraction of sp³-hybridized carbons (Fsp3) is 0.368. The van der Waals surface area contributed by atoms with E-state index in [1.165, 1.54) is 11.8 Å². The summed E-state index contributed by atoms with van der Waals surface area (Å²) in [6.45, 7) is 7.39. The highest BCUT2D eigenvalue weighted by molar-refractivity contribution is 7.91. The lowest BCUT2D eigenvalue weighted by Gasteiger charge is -2.32. The van der Waals surface area contributed by atoms with E-state index in [1.54, 1.807) is 55.6 Å². The van der Waals surface area contributed by atoms with Gasteiger partial charge in [-0.1, -0.05) is 13.0 Å². The van der Waals surface area contributed by atoms with Crippen LogP contribution in [0.5, 0.6) is 11.5 Å². The highest BCUT2D eigenvalue weighted by atomic mass is 32.2. The molecule has 4 aromatic rings. The lowest BCUT2D eigenvalue weighted by molar-refractivity contribution is -0.200. The lowest BCUT2D eigenvalue weighted by Crippen LogP contribution is -2.39. The van der Waals surface area contributed by atoms with E-state index in [9.17, 15) is 36.0 Å². The highest BCUT2D eigenvalue weighted by Gasteiger charge is 2.44. The molecule has 1 fully saturated rings. The minimum atomic E-state index is -5.48. The number of nitrogen functional groups attached to an aromatic ring is 1. The minimum absolute atomic E-state index is 0.00437. The number of nitrogens with two attached hydrogens (primary N) is 1. The van der Waals surface area contributed by atoms with Crippen LogP contribution in [0.15, 0.2) is 71.8 Å². The number of carbonyl (C=O) groups excluding carboxylic acids is 3. The number of hydroxylamine groups is 1. The second kappa shape index (κ2) is 16.9. The fourth-order valence-corrected chi connectivity index (χ4v) is 7.50. The predicted octanol–water partition coefficient (Wildman–Crippen LogP) is 6.91. The standard InChI is InChI=1S/C38H42F3N5O9S/c1-6-53-31-20-24(10-14-30(31)54-22(3)4)33(44-25-11-13-27-23(19-25)16-17-43-34(27)42)35(47)45-18-8-9-29(45)28-21-26(12-15-32(28)56(50,51)7-2)46(37(49)52-5)55-36(48)38(39,40)41/h10-17,19-22,29,33,44H,6-9,18H2,1-5H3,(H2,42,43)/t29-,33+/m1/s1. The van der Waals surface area contributed by atoms with Crippen molar-refractivity contribution in [2.75, 3.05) is 42.1 Å². The zero-order valence-corrected chi connectivity index (χ0v) is 32.1. The first-order chi connectivity index (χ1) is 26.5. The van der Waals surface area contributed by atoms with Crippen molar-refractivity contribution in [3.05, 3.63) is 78.0 Å². The van der Waals surface area contributed by atoms with Crippen LogP contribution in [0.1, 0.15) is 63.7 Å². The van der Waals surface area contributed by atoms with Crippen molar-refractivity contribution in [3.8, 4) is 11.5 Å². The third-order valence-corrected chi connectivity index (χ3v) is 10.7. The van der Waals surface area contributed by atoms with Crippen molar-refractivity contribution in [2.24, 2.45) is 0 Å². The molecular weight excluding hydrogens is 760 g/mol. The van der Waals surface area contributed by atoms with Crippen LogP contribution in [0, 0.1) is 0 Å². The van der Waals surface area contributed by atoms with Gasteiger partial charge in [-0.2, -0.15) is 13.2 Å². The van der Waals surface area contributed by atoms with E-state index < -0.39 is 51.8 Å². The maximum atomic E-state index is 15.0. The number of carbonyl (C=O) groups is 3. The Morgan fingerprint density at radius 1 is 1.04 bits per heavy atom. The molecule has 14 nitrogen and oxygen atoms in total. The Morgan fingerprint density at radius 3 is 2.45 bits per heavy atom. The number of fused-ring (bicyclic) bond motifs is 1. The number of anilines is 3. The topological polar surface area (TPSA) is 180 Å². The van der Waals surface area contributed by atoms with E-state index in [0.717, 1.165) is 30.7 Å². The summed E-state index contributed by atoms with van der Waals surface area (Å²) in [5.41, 5.74) is 6.64. The van der Waals surface area contributed by atoms with Crippen LogP contribution in [0.2, 0.25) is 0 Å². The molecule has 3 aromatic carbocycles. The van der Waals surface area contributed by atoms with E-state index in [0.29, 0.717) is 47.0 Å². The summed E-state index contributed by atoms with van der Waals surface area (Å²) in [6, 6.07) is 13.3. The number of likely N-dealkylation sites (tertiary alicyclic amines) is 1. The molecule has 300 valence electrons. The number of alkyl halides is 3. The molecule has 1 aliphatic heterocycles. The Labute approximate surface area is 321 Å². The molecule has 1 aliphatic rings. The van der Waals surface area contributed by atoms with Gasteiger partial charge in [-0.15, -0.1) is 5.06 Å². The summed E-state index contributed by atoms with van der Waals surface area (Å²) in [5, 5.41) is 4.75. The summed E-state index contributed by atoms with van der Waals surface area (Å²) in [6.07, 6.45) is -4.95. The largest absolute Gasteiger partial charge is 0.493 e. The first kappa shape index (κ1) is 41.4. The smallest absolute Gasteiger partial charge is 0.490 e. The number of ether oxygens (including phenoxy) is 3. The van der Waals surface area contributed by atoms with Crippen molar-refractivity contribution in [2.45, 2.75) is 69.8 Å². The number of amides is 2. The van der Waals surface area contributed by atoms with Crippen LogP contribution in [0.4, 0.5) is 35.2 Å². The number of benzene rings is 3. The van der Waals surface area contributed by atoms with Gasteiger partial charge >= 0.3 is 18.2 Å². The maximum Gasteiger partial charge on any atom is 0.493 e. The number of nitrogens with one attached hydrogen (secondary N) is 1. The summed E-state index contributed by atoms with van der Waals surface area (Å²) >= 11 is 0. The van der Waals surface area contributed by atoms with Crippen LogP contribution in [0.3, 0.4) is 0 Å². The average molecular weight is 802 g/mol. The molecule has 1 aromatic heterocycles. The molecule has 0 saturated carbocycles. The van der Waals surface area contributed by atoms with Gasteiger partial charge in [0.15, 0.2) is 21.3 Å². The number of pyridine rings is 1. The minimum Gasteiger partial charge on any atom is -0.490 e. The van der Waals surface area contributed by atoms with Gasteiger partial charge < -0.3 is 35.0 Å². The molecule has 56 heavy (non-hydrogen) atoms. The van der Waals surface area contributed by atoms with E-state index in [2.05, 4.69) is 19.9 Å². The fourth-order valence-electron chi connectivity index (χ4n) is 6.36. The molecule has 3 N–H and O–H groups in total. The zero-order valence-electron chi connectivity index (χ0n) is 31.3. The van der Waals surface area contributed by atoms with E-state index in [1.807, 2.05) is 13.8 Å². The third kappa shape index (κ3) is 9.01. The van der Waals surface area contributed by atoms with Crippen molar-refractivity contribution in [1.82, 2.24) is 9.88 Å². The monoisotopic (exact) mass is 801 g/mol. The number of sulfone groups is 1. The molecule has 0 spiro atoms. The molecule has 2 atom stereocenters. The summed E-state index contributed by atoms with van der Waals surface area (Å²) in [4.78, 5) is 49.2. The van der Waals surface area contributed by atoms with Gasteiger partial charge in [-0.25, -0.2) is 23.0 Å². The first-order valence-corrected chi connectivity index (χ1v) is 19.3. The molecule has 0 unspecified atom stereocenters. The van der Waals surface area contributed by atoms with Crippen LogP contribution in [-0.2, 0) is 29.0 Å². The SMILES string of the molecule is CCOc1cc([C@H](Nc2ccc3c(N)nccc3c2)C(=O)N2CCC[C@@H]2c2cc(N(OC(=O)C(F)(F)F)C(=O)OC)ccc2S(=O)(=O)CC)ccc1OC(C)C. The quantitative estimate of drug-likeness (QED) is 0.142. The number of nitrogens with zero attached hydrogens (tertiary/aromatic N) is 3. The zero-order chi connectivity index (χ0) is 40.9. The molecule has 0 bridgehead atoms. The van der Waals surface area contributed by atoms with Gasteiger partial charge in [0, 0.05) is 23.8 Å². The van der Waals surface area contributed by atoms with Gasteiger partial charge in [-0.05, 0) is 105 Å². The Morgan fingerprint density at radius 2 is 1.79 bits per heavy atom. The first-order valence-electron chi connectivity index (χ1n) is 17.7. The molecule has 0 aliphatic carbocycles. The summed E-state index contributed by atoms with van der Waals surface area (Å²) < 4.78 is 83.1. The third-order valence-electron chi connectivity index (χ3n) is 8.90. The molecule has 18 heteroatoms. The van der Waals surface area contributed by atoms with Crippen LogP contribution in [-0.4, -0.2) is 74.6 Å². The highest BCUT2D eigenvalue weighted by Crippen LogP contribution is 2.41. The van der Waals surface area contributed by atoms with Crippen LogP contribution >= 0.6 is 0 Å². The van der Waals surface area contributed by atoms with E-state index in [4.69, 9.17) is 15.2 Å². The van der Waals surface area contributed by atoms with Crippen molar-refractivity contribution < 1.29 is 55.0 Å². The Hall–Kier alpha value is -5.78.